The van der Waals surface area contributed by atoms with Crippen molar-refractivity contribution in [3.8, 4) is 11.5 Å². The summed E-state index contributed by atoms with van der Waals surface area (Å²) in [6.07, 6.45) is 0. The molecule has 2 aromatic rings. The molecule has 21 heavy (non-hydrogen) atoms. The second kappa shape index (κ2) is 7.09. The molecule has 0 aliphatic rings. The maximum atomic E-state index is 14.1. The Morgan fingerprint density at radius 3 is 2.52 bits per heavy atom. The van der Waals surface area contributed by atoms with E-state index in [-0.39, 0.29) is 18.2 Å². The van der Waals surface area contributed by atoms with Crippen LogP contribution in [0, 0.1) is 12.7 Å². The molecule has 112 valence electrons. The first kappa shape index (κ1) is 15.3. The third kappa shape index (κ3) is 3.52. The van der Waals surface area contributed by atoms with Gasteiger partial charge in [-0.15, -0.1) is 0 Å². The van der Waals surface area contributed by atoms with Crippen LogP contribution >= 0.6 is 0 Å². The predicted octanol–water partition coefficient (Wildman–Crippen LogP) is 3.44. The SMILES string of the molecule is CNCc1cccc(C)c1OCc1cccc(OC)c1F. The zero-order valence-corrected chi connectivity index (χ0v) is 12.6. The van der Waals surface area contributed by atoms with Gasteiger partial charge in [0.05, 0.1) is 7.11 Å². The maximum Gasteiger partial charge on any atom is 0.171 e. The number of ether oxygens (including phenoxy) is 2. The van der Waals surface area contributed by atoms with Gasteiger partial charge in [-0.05, 0) is 25.6 Å². The summed E-state index contributed by atoms with van der Waals surface area (Å²) in [7, 11) is 3.34. The molecule has 0 aromatic heterocycles. The Kier molecular flexibility index (Phi) is 5.17. The average molecular weight is 289 g/mol. The molecule has 1 N–H and O–H groups in total. The van der Waals surface area contributed by atoms with Gasteiger partial charge in [0.2, 0.25) is 0 Å². The van der Waals surface area contributed by atoms with Crippen molar-refractivity contribution in [1.82, 2.24) is 5.32 Å². The number of methoxy groups -OCH3 is 1. The highest BCUT2D eigenvalue weighted by Crippen LogP contribution is 2.26. The smallest absolute Gasteiger partial charge is 0.171 e. The molecule has 4 heteroatoms. The zero-order chi connectivity index (χ0) is 15.2. The molecular weight excluding hydrogens is 269 g/mol. The van der Waals surface area contributed by atoms with Crippen molar-refractivity contribution < 1.29 is 13.9 Å². The van der Waals surface area contributed by atoms with Gasteiger partial charge in [0.1, 0.15) is 12.4 Å². The van der Waals surface area contributed by atoms with Crippen molar-refractivity contribution in [2.45, 2.75) is 20.1 Å². The summed E-state index contributed by atoms with van der Waals surface area (Å²) in [5.74, 6) is 0.661. The van der Waals surface area contributed by atoms with Crippen LogP contribution in [-0.2, 0) is 13.2 Å². The summed E-state index contributed by atoms with van der Waals surface area (Å²) in [6.45, 7) is 2.86. The van der Waals surface area contributed by atoms with Crippen LogP contribution in [0.5, 0.6) is 11.5 Å². The number of rotatable bonds is 6. The number of benzene rings is 2. The number of hydrogen-bond acceptors (Lipinski definition) is 3. The lowest BCUT2D eigenvalue weighted by Crippen LogP contribution is -2.09. The topological polar surface area (TPSA) is 30.5 Å². The zero-order valence-electron chi connectivity index (χ0n) is 12.6. The van der Waals surface area contributed by atoms with Crippen LogP contribution in [0.3, 0.4) is 0 Å². The lowest BCUT2D eigenvalue weighted by atomic mass is 10.1. The minimum absolute atomic E-state index is 0.171. The highest BCUT2D eigenvalue weighted by Gasteiger charge is 2.11. The minimum Gasteiger partial charge on any atom is -0.494 e. The Labute approximate surface area is 124 Å². The highest BCUT2D eigenvalue weighted by atomic mass is 19.1. The average Bonchev–Trinajstić information content (AvgIpc) is 2.48. The van der Waals surface area contributed by atoms with E-state index in [1.54, 1.807) is 18.2 Å². The van der Waals surface area contributed by atoms with Crippen LogP contribution in [0.25, 0.3) is 0 Å². The lowest BCUT2D eigenvalue weighted by Gasteiger charge is -2.15. The van der Waals surface area contributed by atoms with Gasteiger partial charge in [0, 0.05) is 17.7 Å². The van der Waals surface area contributed by atoms with Crippen LogP contribution in [0.2, 0.25) is 0 Å². The summed E-state index contributed by atoms with van der Waals surface area (Å²) in [6, 6.07) is 11.0. The standard InChI is InChI=1S/C17H20FNO2/c1-12-6-4-7-13(10-19-2)17(12)21-11-14-8-5-9-15(20-3)16(14)18/h4-9,19H,10-11H2,1-3H3. The van der Waals surface area contributed by atoms with Crippen molar-refractivity contribution in [3.05, 3.63) is 58.9 Å². The second-order valence-electron chi connectivity index (χ2n) is 4.82. The molecule has 0 spiro atoms. The molecule has 3 nitrogen and oxygen atoms in total. The molecule has 2 aromatic carbocycles. The van der Waals surface area contributed by atoms with Gasteiger partial charge in [0.25, 0.3) is 0 Å². The quantitative estimate of drug-likeness (QED) is 0.883. The van der Waals surface area contributed by atoms with E-state index in [2.05, 4.69) is 5.32 Å². The van der Waals surface area contributed by atoms with E-state index < -0.39 is 0 Å². The summed E-state index contributed by atoms with van der Waals surface area (Å²) in [5.41, 5.74) is 2.57. The van der Waals surface area contributed by atoms with E-state index >= 15 is 0 Å². The third-order valence-corrected chi connectivity index (χ3v) is 3.30. The molecule has 2 rings (SSSR count). The van der Waals surface area contributed by atoms with Crippen molar-refractivity contribution >= 4 is 0 Å². The number of aryl methyl sites for hydroxylation is 1. The molecule has 0 bridgehead atoms. The van der Waals surface area contributed by atoms with Crippen molar-refractivity contribution in [2.24, 2.45) is 0 Å². The van der Waals surface area contributed by atoms with Crippen LogP contribution in [-0.4, -0.2) is 14.2 Å². The molecule has 0 saturated heterocycles. The van der Waals surface area contributed by atoms with Gasteiger partial charge >= 0.3 is 0 Å². The van der Waals surface area contributed by atoms with Crippen LogP contribution in [0.15, 0.2) is 36.4 Å². The first-order valence-electron chi connectivity index (χ1n) is 6.84. The van der Waals surface area contributed by atoms with E-state index in [0.717, 1.165) is 16.9 Å². The van der Waals surface area contributed by atoms with Crippen LogP contribution < -0.4 is 14.8 Å². The van der Waals surface area contributed by atoms with Gasteiger partial charge in [-0.3, -0.25) is 0 Å². The number of hydrogen-bond donors (Lipinski definition) is 1. The second-order valence-corrected chi connectivity index (χ2v) is 4.82. The number of halogens is 1. The molecule has 0 aliphatic carbocycles. The van der Waals surface area contributed by atoms with E-state index in [1.807, 2.05) is 32.2 Å². The summed E-state index contributed by atoms with van der Waals surface area (Å²) in [5, 5.41) is 3.11. The summed E-state index contributed by atoms with van der Waals surface area (Å²) in [4.78, 5) is 0. The lowest BCUT2D eigenvalue weighted by molar-refractivity contribution is 0.290. The number of nitrogens with one attached hydrogen (secondary N) is 1. The van der Waals surface area contributed by atoms with Crippen molar-refractivity contribution in [1.29, 1.82) is 0 Å². The fourth-order valence-corrected chi connectivity index (χ4v) is 2.22. The number of para-hydroxylation sites is 1. The van der Waals surface area contributed by atoms with E-state index in [9.17, 15) is 4.39 Å². The Morgan fingerprint density at radius 1 is 1.10 bits per heavy atom. The first-order valence-corrected chi connectivity index (χ1v) is 6.84. The highest BCUT2D eigenvalue weighted by molar-refractivity contribution is 5.41. The van der Waals surface area contributed by atoms with Crippen molar-refractivity contribution in [3.63, 3.8) is 0 Å². The van der Waals surface area contributed by atoms with Gasteiger partial charge in [-0.25, -0.2) is 4.39 Å². The first-order chi connectivity index (χ1) is 10.2. The summed E-state index contributed by atoms with van der Waals surface area (Å²) >= 11 is 0. The molecule has 0 radical (unpaired) electrons. The van der Waals surface area contributed by atoms with Crippen LogP contribution in [0.4, 0.5) is 4.39 Å². The Bertz CT molecular complexity index is 614. The molecule has 0 amide bonds. The Hall–Kier alpha value is -2.07. The Morgan fingerprint density at radius 2 is 1.81 bits per heavy atom. The Balaban J connectivity index is 2.20. The molecule has 0 atom stereocenters. The van der Waals surface area contributed by atoms with Gasteiger partial charge in [-0.2, -0.15) is 0 Å². The normalized spacial score (nSPS) is 10.5. The van der Waals surface area contributed by atoms with E-state index in [1.165, 1.54) is 7.11 Å². The molecule has 0 unspecified atom stereocenters. The van der Waals surface area contributed by atoms with Gasteiger partial charge in [-0.1, -0.05) is 30.3 Å². The van der Waals surface area contributed by atoms with Crippen LogP contribution in [0.1, 0.15) is 16.7 Å². The molecule has 0 fully saturated rings. The molecule has 0 saturated carbocycles. The van der Waals surface area contributed by atoms with Gasteiger partial charge < -0.3 is 14.8 Å². The van der Waals surface area contributed by atoms with Crippen molar-refractivity contribution in [2.75, 3.05) is 14.2 Å². The maximum absolute atomic E-state index is 14.1. The molecule has 0 heterocycles. The molecular formula is C17H20FNO2. The summed E-state index contributed by atoms with van der Waals surface area (Å²) < 4.78 is 24.9. The third-order valence-electron chi connectivity index (χ3n) is 3.30. The fraction of sp³-hybridized carbons (Fsp3) is 0.294. The fourth-order valence-electron chi connectivity index (χ4n) is 2.22. The van der Waals surface area contributed by atoms with E-state index in [0.29, 0.717) is 12.1 Å². The minimum atomic E-state index is -0.372. The molecule has 0 aliphatic heterocycles. The monoisotopic (exact) mass is 289 g/mol. The van der Waals surface area contributed by atoms with E-state index in [4.69, 9.17) is 9.47 Å². The predicted molar refractivity (Wildman–Crippen MR) is 81.2 cm³/mol. The van der Waals surface area contributed by atoms with Gasteiger partial charge in [0.15, 0.2) is 11.6 Å². The largest absolute Gasteiger partial charge is 0.494 e.